The topological polar surface area (TPSA) is 88.4 Å². The summed E-state index contributed by atoms with van der Waals surface area (Å²) in [6, 6.07) is 8.32. The maximum Gasteiger partial charge on any atom is 0.251 e. The summed E-state index contributed by atoms with van der Waals surface area (Å²) in [5, 5.41) is 14.8. The van der Waals surface area contributed by atoms with Crippen molar-refractivity contribution in [2.45, 2.75) is 12.1 Å². The molecule has 0 spiro atoms. The molecular formula is C17H15Cl2N5O2S. The lowest BCUT2D eigenvalue weighted by atomic mass is 10.2. The van der Waals surface area contributed by atoms with Gasteiger partial charge in [-0.3, -0.25) is 14.0 Å². The molecule has 0 bridgehead atoms. The maximum absolute atomic E-state index is 12.2. The third kappa shape index (κ3) is 4.71. The van der Waals surface area contributed by atoms with Gasteiger partial charge in [0.25, 0.3) is 5.91 Å². The quantitative estimate of drug-likeness (QED) is 0.592. The Hall–Kier alpha value is -2.29. The molecule has 0 radical (unpaired) electrons. The molecule has 0 fully saturated rings. The number of amides is 2. The number of carbonyl (C=O) groups excluding carboxylic acids is 2. The average Bonchev–Trinajstić information content (AvgIpc) is 3.03. The van der Waals surface area contributed by atoms with Crippen LogP contribution in [-0.2, 0) is 4.79 Å². The number of pyridine rings is 1. The van der Waals surface area contributed by atoms with E-state index in [-0.39, 0.29) is 17.6 Å². The molecule has 10 heteroatoms. The van der Waals surface area contributed by atoms with Crippen molar-refractivity contribution in [2.75, 3.05) is 17.6 Å². The van der Waals surface area contributed by atoms with Gasteiger partial charge in [0.05, 0.1) is 15.8 Å². The molecule has 27 heavy (non-hydrogen) atoms. The number of rotatable bonds is 6. The van der Waals surface area contributed by atoms with Crippen LogP contribution in [0.25, 0.3) is 5.65 Å². The zero-order valence-corrected chi connectivity index (χ0v) is 16.5. The van der Waals surface area contributed by atoms with Gasteiger partial charge < -0.3 is 10.6 Å². The number of anilines is 1. The van der Waals surface area contributed by atoms with Gasteiger partial charge in [-0.15, -0.1) is 10.2 Å². The number of hydrogen-bond donors (Lipinski definition) is 2. The van der Waals surface area contributed by atoms with Crippen LogP contribution in [0.3, 0.4) is 0 Å². The number of thioether (sulfide) groups is 1. The van der Waals surface area contributed by atoms with Gasteiger partial charge in [-0.05, 0) is 31.2 Å². The number of benzene rings is 1. The Morgan fingerprint density at radius 2 is 2.04 bits per heavy atom. The van der Waals surface area contributed by atoms with E-state index in [1.165, 1.54) is 11.8 Å². The van der Waals surface area contributed by atoms with Crippen LogP contribution < -0.4 is 10.6 Å². The number of carbonyl (C=O) groups is 2. The molecule has 2 amide bonds. The normalized spacial score (nSPS) is 10.8. The molecule has 0 aliphatic rings. The minimum Gasteiger partial charge on any atom is -0.352 e. The van der Waals surface area contributed by atoms with Gasteiger partial charge in [0.1, 0.15) is 0 Å². The summed E-state index contributed by atoms with van der Waals surface area (Å²) in [6.07, 6.45) is 1.64. The van der Waals surface area contributed by atoms with E-state index in [4.69, 9.17) is 23.2 Å². The van der Waals surface area contributed by atoms with Crippen molar-refractivity contribution >= 4 is 58.1 Å². The number of aromatic nitrogens is 3. The Kier molecular flexibility index (Phi) is 6.20. The Labute approximate surface area is 169 Å². The van der Waals surface area contributed by atoms with Gasteiger partial charge in [0.15, 0.2) is 10.8 Å². The summed E-state index contributed by atoms with van der Waals surface area (Å²) in [7, 11) is 0. The van der Waals surface area contributed by atoms with Crippen molar-refractivity contribution in [1.82, 2.24) is 19.9 Å². The standard InChI is InChI=1S/C17H15Cl2N5O2S/c1-2-20-16(26)10-4-3-5-12(6-10)21-14(25)9-27-17-23-22-15-13(19)7-11(18)8-24(15)17/h3-8H,2,9H2,1H3,(H,20,26)(H,21,25). The van der Waals surface area contributed by atoms with Gasteiger partial charge in [0.2, 0.25) is 5.91 Å². The van der Waals surface area contributed by atoms with Crippen LogP contribution in [0.5, 0.6) is 0 Å². The van der Waals surface area contributed by atoms with Gasteiger partial charge in [-0.1, -0.05) is 41.0 Å². The van der Waals surface area contributed by atoms with Crippen molar-refractivity contribution in [3.63, 3.8) is 0 Å². The summed E-state index contributed by atoms with van der Waals surface area (Å²) in [5.41, 5.74) is 1.50. The molecule has 140 valence electrons. The lowest BCUT2D eigenvalue weighted by molar-refractivity contribution is -0.113. The fourth-order valence-corrected chi connectivity index (χ4v) is 3.55. The fraction of sp³-hybridized carbons (Fsp3) is 0.176. The van der Waals surface area contributed by atoms with E-state index in [0.29, 0.717) is 38.6 Å². The van der Waals surface area contributed by atoms with Crippen molar-refractivity contribution in [3.05, 3.63) is 52.1 Å². The van der Waals surface area contributed by atoms with E-state index in [1.54, 1.807) is 40.9 Å². The third-order valence-electron chi connectivity index (χ3n) is 3.47. The second kappa shape index (κ2) is 8.60. The average molecular weight is 424 g/mol. The predicted molar refractivity (Wildman–Crippen MR) is 107 cm³/mol. The first-order valence-corrected chi connectivity index (χ1v) is 9.72. The lowest BCUT2D eigenvalue weighted by Gasteiger charge is -2.07. The predicted octanol–water partition coefficient (Wildman–Crippen LogP) is 3.52. The van der Waals surface area contributed by atoms with Gasteiger partial charge in [-0.25, -0.2) is 0 Å². The van der Waals surface area contributed by atoms with Crippen molar-refractivity contribution < 1.29 is 9.59 Å². The van der Waals surface area contributed by atoms with Crippen molar-refractivity contribution in [1.29, 1.82) is 0 Å². The summed E-state index contributed by atoms with van der Waals surface area (Å²) >= 11 is 13.3. The Bertz CT molecular complexity index is 1010. The maximum atomic E-state index is 12.2. The summed E-state index contributed by atoms with van der Waals surface area (Å²) < 4.78 is 1.64. The number of hydrogen-bond acceptors (Lipinski definition) is 5. The molecule has 1 aromatic carbocycles. The monoisotopic (exact) mass is 423 g/mol. The smallest absolute Gasteiger partial charge is 0.251 e. The van der Waals surface area contributed by atoms with Gasteiger partial charge >= 0.3 is 0 Å². The summed E-state index contributed by atoms with van der Waals surface area (Å²) in [6.45, 7) is 2.38. The largest absolute Gasteiger partial charge is 0.352 e. The molecule has 0 aliphatic carbocycles. The minimum absolute atomic E-state index is 0.107. The second-order valence-electron chi connectivity index (χ2n) is 5.46. The Morgan fingerprint density at radius 1 is 1.22 bits per heavy atom. The van der Waals surface area contributed by atoms with Gasteiger partial charge in [-0.2, -0.15) is 0 Å². The first-order valence-electron chi connectivity index (χ1n) is 7.98. The Balaban J connectivity index is 1.65. The number of fused-ring (bicyclic) bond motifs is 1. The molecule has 2 heterocycles. The van der Waals surface area contributed by atoms with Crippen LogP contribution >= 0.6 is 35.0 Å². The fourth-order valence-electron chi connectivity index (χ4n) is 2.33. The molecule has 3 aromatic rings. The first-order chi connectivity index (χ1) is 13.0. The van der Waals surface area contributed by atoms with Crippen LogP contribution in [0.4, 0.5) is 5.69 Å². The minimum atomic E-state index is -0.238. The highest BCUT2D eigenvalue weighted by Crippen LogP contribution is 2.25. The number of halogens is 2. The number of nitrogens with zero attached hydrogens (tertiary/aromatic N) is 3. The SMILES string of the molecule is CCNC(=O)c1cccc(NC(=O)CSc2nnc3c(Cl)cc(Cl)cn23)c1. The third-order valence-corrected chi connectivity index (χ3v) is 4.90. The summed E-state index contributed by atoms with van der Waals surface area (Å²) in [5.74, 6) is -0.319. The highest BCUT2D eigenvalue weighted by molar-refractivity contribution is 7.99. The molecule has 0 atom stereocenters. The highest BCUT2D eigenvalue weighted by atomic mass is 35.5. The van der Waals surface area contributed by atoms with Crippen molar-refractivity contribution in [2.24, 2.45) is 0 Å². The molecule has 7 nitrogen and oxygen atoms in total. The molecule has 2 N–H and O–H groups in total. The van der Waals surface area contributed by atoms with Crippen LogP contribution in [0, 0.1) is 0 Å². The van der Waals surface area contributed by atoms with Crippen LogP contribution in [0.15, 0.2) is 41.7 Å². The van der Waals surface area contributed by atoms with E-state index in [1.807, 2.05) is 6.92 Å². The molecular weight excluding hydrogens is 409 g/mol. The van der Waals surface area contributed by atoms with E-state index in [2.05, 4.69) is 20.8 Å². The van der Waals surface area contributed by atoms with Crippen LogP contribution in [0.2, 0.25) is 10.0 Å². The zero-order chi connectivity index (χ0) is 19.4. The highest BCUT2D eigenvalue weighted by Gasteiger charge is 2.13. The van der Waals surface area contributed by atoms with E-state index in [0.717, 1.165) is 0 Å². The van der Waals surface area contributed by atoms with E-state index in [9.17, 15) is 9.59 Å². The van der Waals surface area contributed by atoms with E-state index >= 15 is 0 Å². The first kappa shape index (κ1) is 19.5. The molecule has 0 saturated heterocycles. The Morgan fingerprint density at radius 3 is 2.81 bits per heavy atom. The van der Waals surface area contributed by atoms with Crippen LogP contribution in [0.1, 0.15) is 17.3 Å². The lowest BCUT2D eigenvalue weighted by Crippen LogP contribution is -2.23. The molecule has 0 aliphatic heterocycles. The molecule has 3 rings (SSSR count). The van der Waals surface area contributed by atoms with Crippen molar-refractivity contribution in [3.8, 4) is 0 Å². The molecule has 0 saturated carbocycles. The number of nitrogens with one attached hydrogen (secondary N) is 2. The second-order valence-corrected chi connectivity index (χ2v) is 7.25. The molecule has 2 aromatic heterocycles. The molecule has 0 unspecified atom stereocenters. The van der Waals surface area contributed by atoms with Gasteiger partial charge in [0, 0.05) is 24.0 Å². The summed E-state index contributed by atoms with van der Waals surface area (Å²) in [4.78, 5) is 24.1. The zero-order valence-electron chi connectivity index (χ0n) is 14.2. The van der Waals surface area contributed by atoms with E-state index < -0.39 is 0 Å². The van der Waals surface area contributed by atoms with Crippen LogP contribution in [-0.4, -0.2) is 38.7 Å².